The predicted octanol–water partition coefficient (Wildman–Crippen LogP) is 4.54. The normalized spacial score (nSPS) is 46.8. The van der Waals surface area contributed by atoms with E-state index in [9.17, 15) is 10.2 Å². The van der Waals surface area contributed by atoms with Gasteiger partial charge in [0.1, 0.15) is 0 Å². The lowest BCUT2D eigenvalue weighted by atomic mass is 9.59. The standard InChI is InChI=1S/C22H40O3/c1-5-6-7-9-15-12-17(23)18(16-10-8-11-22(3,4)13-16)20(24)19(15)21-14(2)25-21/h14-21,23-24H,5-13H2,1-4H3. The number of aliphatic hydroxyl groups is 2. The number of unbranched alkanes of at least 4 members (excludes halogenated alkanes) is 2. The first-order valence-corrected chi connectivity index (χ1v) is 10.9. The van der Waals surface area contributed by atoms with Crippen molar-refractivity contribution in [1.82, 2.24) is 0 Å². The maximum atomic E-state index is 11.3. The smallest absolute Gasteiger partial charge is 0.0894 e. The number of aliphatic hydroxyl groups excluding tert-OH is 2. The van der Waals surface area contributed by atoms with Gasteiger partial charge in [-0.2, -0.15) is 0 Å². The van der Waals surface area contributed by atoms with E-state index in [-0.39, 0.29) is 30.1 Å². The highest BCUT2D eigenvalue weighted by atomic mass is 16.6. The Kier molecular flexibility index (Phi) is 6.17. The van der Waals surface area contributed by atoms with Gasteiger partial charge in [0.15, 0.2) is 0 Å². The van der Waals surface area contributed by atoms with Crippen molar-refractivity contribution in [3.05, 3.63) is 0 Å². The summed E-state index contributed by atoms with van der Waals surface area (Å²) >= 11 is 0. The van der Waals surface area contributed by atoms with Gasteiger partial charge < -0.3 is 14.9 Å². The predicted molar refractivity (Wildman–Crippen MR) is 101 cm³/mol. The lowest BCUT2D eigenvalue weighted by Gasteiger charge is -2.49. The van der Waals surface area contributed by atoms with E-state index < -0.39 is 6.10 Å². The maximum absolute atomic E-state index is 11.3. The molecule has 3 nitrogen and oxygen atoms in total. The van der Waals surface area contributed by atoms with Crippen LogP contribution >= 0.6 is 0 Å². The molecule has 0 aromatic heterocycles. The summed E-state index contributed by atoms with van der Waals surface area (Å²) in [5.41, 5.74) is 0.346. The third kappa shape index (κ3) is 4.42. The molecule has 0 spiro atoms. The van der Waals surface area contributed by atoms with Gasteiger partial charge in [-0.3, -0.25) is 0 Å². The monoisotopic (exact) mass is 352 g/mol. The molecule has 2 aliphatic carbocycles. The molecule has 8 atom stereocenters. The van der Waals surface area contributed by atoms with Crippen molar-refractivity contribution in [2.75, 3.05) is 0 Å². The van der Waals surface area contributed by atoms with Crippen LogP contribution < -0.4 is 0 Å². The number of hydrogen-bond acceptors (Lipinski definition) is 3. The molecule has 1 heterocycles. The first-order chi connectivity index (χ1) is 11.8. The summed E-state index contributed by atoms with van der Waals surface area (Å²) in [4.78, 5) is 0. The molecule has 2 saturated carbocycles. The molecule has 3 fully saturated rings. The molecule has 1 aliphatic heterocycles. The molecule has 0 amide bonds. The Hall–Kier alpha value is -0.120. The molecular weight excluding hydrogens is 312 g/mol. The van der Waals surface area contributed by atoms with Gasteiger partial charge in [-0.15, -0.1) is 0 Å². The largest absolute Gasteiger partial charge is 0.393 e. The highest BCUT2D eigenvalue weighted by Crippen LogP contribution is 2.51. The van der Waals surface area contributed by atoms with Crippen molar-refractivity contribution in [2.45, 2.75) is 110 Å². The van der Waals surface area contributed by atoms with E-state index in [1.165, 1.54) is 32.1 Å². The Morgan fingerprint density at radius 3 is 2.44 bits per heavy atom. The summed E-state index contributed by atoms with van der Waals surface area (Å²) in [6.45, 7) is 9.05. The topological polar surface area (TPSA) is 53.0 Å². The van der Waals surface area contributed by atoms with Crippen LogP contribution in [0.3, 0.4) is 0 Å². The summed E-state index contributed by atoms with van der Waals surface area (Å²) in [5, 5.41) is 22.3. The van der Waals surface area contributed by atoms with Gasteiger partial charge in [-0.1, -0.05) is 46.5 Å². The van der Waals surface area contributed by atoms with Crippen LogP contribution in [-0.4, -0.2) is 34.6 Å². The molecule has 8 unspecified atom stereocenters. The Morgan fingerprint density at radius 1 is 1.12 bits per heavy atom. The number of epoxide rings is 1. The van der Waals surface area contributed by atoms with Crippen LogP contribution in [0.25, 0.3) is 0 Å². The van der Waals surface area contributed by atoms with Gasteiger partial charge in [0.25, 0.3) is 0 Å². The van der Waals surface area contributed by atoms with Crippen molar-refractivity contribution >= 4 is 0 Å². The van der Waals surface area contributed by atoms with Crippen LogP contribution in [0.5, 0.6) is 0 Å². The van der Waals surface area contributed by atoms with Crippen molar-refractivity contribution in [2.24, 2.45) is 29.1 Å². The molecule has 0 bridgehead atoms. The average Bonchev–Trinajstić information content (AvgIpc) is 3.22. The molecule has 3 rings (SSSR count). The summed E-state index contributed by atoms with van der Waals surface area (Å²) in [6.07, 6.45) is 10.2. The van der Waals surface area contributed by atoms with Crippen LogP contribution in [0.1, 0.15) is 85.5 Å². The van der Waals surface area contributed by atoms with E-state index in [0.717, 1.165) is 25.7 Å². The van der Waals surface area contributed by atoms with E-state index in [0.29, 0.717) is 17.3 Å². The summed E-state index contributed by atoms with van der Waals surface area (Å²) in [6, 6.07) is 0. The highest BCUT2D eigenvalue weighted by molar-refractivity contribution is 5.03. The molecule has 146 valence electrons. The Labute approximate surface area is 154 Å². The number of rotatable bonds is 6. The van der Waals surface area contributed by atoms with Crippen LogP contribution in [0.15, 0.2) is 0 Å². The zero-order valence-corrected chi connectivity index (χ0v) is 16.8. The Morgan fingerprint density at radius 2 is 1.84 bits per heavy atom. The van der Waals surface area contributed by atoms with E-state index >= 15 is 0 Å². The van der Waals surface area contributed by atoms with Gasteiger partial charge in [0, 0.05) is 11.8 Å². The Bertz CT molecular complexity index is 435. The van der Waals surface area contributed by atoms with E-state index in [1.807, 2.05) is 0 Å². The van der Waals surface area contributed by atoms with Crippen LogP contribution in [-0.2, 0) is 4.74 Å². The molecule has 3 aliphatic rings. The molecule has 3 heteroatoms. The first-order valence-electron chi connectivity index (χ1n) is 10.9. The van der Waals surface area contributed by atoms with Gasteiger partial charge >= 0.3 is 0 Å². The highest BCUT2D eigenvalue weighted by Gasteiger charge is 2.55. The van der Waals surface area contributed by atoms with Crippen molar-refractivity contribution < 1.29 is 14.9 Å². The van der Waals surface area contributed by atoms with Crippen molar-refractivity contribution in [3.63, 3.8) is 0 Å². The molecular formula is C22H40O3. The zero-order chi connectivity index (χ0) is 18.2. The summed E-state index contributed by atoms with van der Waals surface area (Å²) in [5.74, 6) is 1.15. The zero-order valence-electron chi connectivity index (χ0n) is 16.8. The summed E-state index contributed by atoms with van der Waals surface area (Å²) < 4.78 is 5.83. The molecule has 0 aromatic rings. The van der Waals surface area contributed by atoms with Gasteiger partial charge in [-0.25, -0.2) is 0 Å². The lowest BCUT2D eigenvalue weighted by Crippen LogP contribution is -2.52. The second-order valence-corrected chi connectivity index (χ2v) is 10.0. The molecule has 25 heavy (non-hydrogen) atoms. The van der Waals surface area contributed by atoms with E-state index in [4.69, 9.17) is 4.74 Å². The SMILES string of the molecule is CCCCCC1CC(O)C(C2CCCC(C)(C)C2)C(O)C1C1OC1C. The maximum Gasteiger partial charge on any atom is 0.0894 e. The third-order valence-corrected chi connectivity index (χ3v) is 7.42. The van der Waals surface area contributed by atoms with Gasteiger partial charge in [-0.05, 0) is 56.3 Å². The Balaban J connectivity index is 1.73. The third-order valence-electron chi connectivity index (χ3n) is 7.42. The lowest BCUT2D eigenvalue weighted by molar-refractivity contribution is -0.123. The minimum atomic E-state index is -0.399. The van der Waals surface area contributed by atoms with Crippen LogP contribution in [0.4, 0.5) is 0 Å². The van der Waals surface area contributed by atoms with E-state index in [1.54, 1.807) is 0 Å². The molecule has 0 radical (unpaired) electrons. The minimum Gasteiger partial charge on any atom is -0.393 e. The first kappa shape index (κ1) is 19.6. The molecule has 1 saturated heterocycles. The number of hydrogen-bond donors (Lipinski definition) is 2. The van der Waals surface area contributed by atoms with Crippen LogP contribution in [0.2, 0.25) is 0 Å². The van der Waals surface area contributed by atoms with Gasteiger partial charge in [0.05, 0.1) is 24.4 Å². The molecule has 0 aromatic carbocycles. The fraction of sp³-hybridized carbons (Fsp3) is 1.00. The second-order valence-electron chi connectivity index (χ2n) is 10.0. The van der Waals surface area contributed by atoms with E-state index in [2.05, 4.69) is 27.7 Å². The van der Waals surface area contributed by atoms with Crippen molar-refractivity contribution in [3.8, 4) is 0 Å². The number of ether oxygens (including phenoxy) is 1. The van der Waals surface area contributed by atoms with Crippen LogP contribution in [0, 0.1) is 29.1 Å². The fourth-order valence-electron chi connectivity index (χ4n) is 6.10. The minimum absolute atomic E-state index is 0.0448. The summed E-state index contributed by atoms with van der Waals surface area (Å²) in [7, 11) is 0. The fourth-order valence-corrected chi connectivity index (χ4v) is 6.10. The quantitative estimate of drug-likeness (QED) is 0.545. The average molecular weight is 353 g/mol. The van der Waals surface area contributed by atoms with Crippen molar-refractivity contribution in [1.29, 1.82) is 0 Å². The van der Waals surface area contributed by atoms with Gasteiger partial charge in [0.2, 0.25) is 0 Å². The second kappa shape index (κ2) is 7.86. The molecule has 2 N–H and O–H groups in total.